The van der Waals surface area contributed by atoms with Crippen LogP contribution in [0, 0.1) is 0 Å². The van der Waals surface area contributed by atoms with E-state index < -0.39 is 83.2 Å². The molecule has 4 aromatic heterocycles. The number of hydrogen-bond donors (Lipinski definition) is 7. The molecule has 0 radical (unpaired) electrons. The second kappa shape index (κ2) is 10.9. The molecule has 10 atom stereocenters. The molecule has 22 nitrogen and oxygen atoms in total. The molecule has 0 aliphatic carbocycles. The number of aliphatic hydroxyl groups excluding tert-OH is 2. The predicted octanol–water partition coefficient (Wildman–Crippen LogP) is -1.74. The Balaban J connectivity index is 1.21. The number of H-pyrrole nitrogens is 1. The van der Waals surface area contributed by atoms with Crippen LogP contribution in [0.25, 0.3) is 22.2 Å². The SMILES string of the molecule is Nc1nc2c(ncn2[C@@H]2O[C@@H]3OCP(=O)(O)OC4[C@@H](COP(=O)(O)O[C@H]2C3O)O[C@@H](n2ccc3c(N)ncnc32)[C@H]4O)c(=O)[nH]1. The molecule has 7 rings (SSSR count). The molecule has 7 heterocycles. The Morgan fingerprint density at radius 1 is 0.978 bits per heavy atom. The Labute approximate surface area is 249 Å². The summed E-state index contributed by atoms with van der Waals surface area (Å²) in [5.41, 5.74) is 10.8. The van der Waals surface area contributed by atoms with Crippen LogP contribution in [0.1, 0.15) is 12.5 Å². The largest absolute Gasteiger partial charge is 0.472 e. The van der Waals surface area contributed by atoms with Crippen molar-refractivity contribution >= 4 is 49.4 Å². The highest BCUT2D eigenvalue weighted by atomic mass is 31.2. The van der Waals surface area contributed by atoms with Crippen molar-refractivity contribution in [3.8, 4) is 0 Å². The average Bonchev–Trinajstić information content (AvgIpc) is 3.72. The molecule has 3 saturated heterocycles. The van der Waals surface area contributed by atoms with E-state index in [0.29, 0.717) is 5.39 Å². The van der Waals surface area contributed by atoms with Gasteiger partial charge in [-0.2, -0.15) is 4.98 Å². The summed E-state index contributed by atoms with van der Waals surface area (Å²) >= 11 is 0. The van der Waals surface area contributed by atoms with Crippen LogP contribution in [-0.4, -0.2) is 104 Å². The van der Waals surface area contributed by atoms with Crippen LogP contribution in [0.2, 0.25) is 0 Å². The standard InChI is InChI=1S/C21H25N9O13P2/c22-14-7-1-2-29(15(7)25-4-24-14)18-10(31)12-8(40-18)3-39-45(36,37)43-13-11(32)20(38-6-44(34,35)42-12)41-19(13)30-5-26-9-16(30)27-21(23)28-17(9)33/h1-2,4-5,8,10-13,18-20,31-32H,3,6H2,(H,34,35)(H,36,37)(H2,22,24,25)(H3,23,27,28,33)/t8-,10+,11?,12?,13+,18-,19-,20+/m1/s1. The number of rotatable bonds is 2. The minimum Gasteiger partial charge on any atom is -0.386 e. The van der Waals surface area contributed by atoms with E-state index in [1.807, 2.05) is 0 Å². The third-order valence-corrected chi connectivity index (χ3v) is 9.40. The molecular weight excluding hydrogens is 648 g/mol. The van der Waals surface area contributed by atoms with Crippen LogP contribution >= 0.6 is 15.4 Å². The zero-order valence-electron chi connectivity index (χ0n) is 22.5. The summed E-state index contributed by atoms with van der Waals surface area (Å²) in [6.07, 6.45) is -10.2. The second-order valence-corrected chi connectivity index (χ2v) is 13.4. The van der Waals surface area contributed by atoms with Crippen molar-refractivity contribution in [2.24, 2.45) is 0 Å². The lowest BCUT2D eigenvalue weighted by atomic mass is 10.1. The van der Waals surface area contributed by atoms with Crippen LogP contribution in [-0.2, 0) is 36.9 Å². The van der Waals surface area contributed by atoms with E-state index in [2.05, 4.69) is 24.9 Å². The highest BCUT2D eigenvalue weighted by Gasteiger charge is 2.54. The summed E-state index contributed by atoms with van der Waals surface area (Å²) < 4.78 is 61.6. The summed E-state index contributed by atoms with van der Waals surface area (Å²) in [4.78, 5) is 51.9. The first kappa shape index (κ1) is 30.3. The molecule has 9 N–H and O–H groups in total. The first-order chi connectivity index (χ1) is 21.3. The minimum absolute atomic E-state index is 0.138. The number of nitrogens with one attached hydrogen (secondary N) is 1. The third-order valence-electron chi connectivity index (χ3n) is 7.36. The molecule has 0 aromatic carbocycles. The van der Waals surface area contributed by atoms with Gasteiger partial charge in [0.1, 0.15) is 48.3 Å². The fraction of sp³-hybridized carbons (Fsp3) is 0.476. The van der Waals surface area contributed by atoms with E-state index >= 15 is 0 Å². The van der Waals surface area contributed by atoms with Crippen LogP contribution in [0.3, 0.4) is 0 Å². The summed E-state index contributed by atoms with van der Waals surface area (Å²) in [6.45, 7) is -0.803. The van der Waals surface area contributed by atoms with Crippen molar-refractivity contribution in [1.29, 1.82) is 0 Å². The molecule has 3 aliphatic heterocycles. The van der Waals surface area contributed by atoms with E-state index in [9.17, 15) is 33.9 Å². The highest BCUT2D eigenvalue weighted by Crippen LogP contribution is 2.53. The quantitative estimate of drug-likeness (QED) is 0.116. The number of aromatic amines is 1. The number of hydrogen-bond acceptors (Lipinski definition) is 17. The van der Waals surface area contributed by atoms with E-state index in [1.54, 1.807) is 6.07 Å². The molecule has 242 valence electrons. The average molecular weight is 673 g/mol. The molecule has 4 aromatic rings. The van der Waals surface area contributed by atoms with E-state index in [1.165, 1.54) is 17.1 Å². The van der Waals surface area contributed by atoms with Crippen molar-refractivity contribution in [3.05, 3.63) is 35.3 Å². The molecular formula is C21H25N9O13P2. The Morgan fingerprint density at radius 3 is 2.58 bits per heavy atom. The van der Waals surface area contributed by atoms with Crippen molar-refractivity contribution in [3.63, 3.8) is 0 Å². The maximum absolute atomic E-state index is 13.2. The molecule has 3 aliphatic rings. The highest BCUT2D eigenvalue weighted by molar-refractivity contribution is 7.52. The van der Waals surface area contributed by atoms with Gasteiger partial charge in [-0.3, -0.25) is 32.5 Å². The Bertz CT molecular complexity index is 1930. The molecule has 4 unspecified atom stereocenters. The number of ether oxygens (including phenoxy) is 3. The lowest BCUT2D eigenvalue weighted by Gasteiger charge is -2.25. The maximum atomic E-state index is 13.2. The lowest BCUT2D eigenvalue weighted by Crippen LogP contribution is -2.36. The van der Waals surface area contributed by atoms with Crippen LogP contribution in [0.4, 0.5) is 11.8 Å². The number of fused-ring (bicyclic) bond motifs is 5. The topological polar surface area (TPSA) is 317 Å². The van der Waals surface area contributed by atoms with Gasteiger partial charge in [-0.1, -0.05) is 0 Å². The minimum atomic E-state index is -5.12. The van der Waals surface area contributed by atoms with Gasteiger partial charge in [0, 0.05) is 6.20 Å². The third kappa shape index (κ3) is 5.33. The molecule has 2 bridgehead atoms. The van der Waals surface area contributed by atoms with Gasteiger partial charge in [-0.15, -0.1) is 0 Å². The van der Waals surface area contributed by atoms with Gasteiger partial charge in [0.2, 0.25) is 5.95 Å². The number of anilines is 2. The van der Waals surface area contributed by atoms with Gasteiger partial charge in [0.15, 0.2) is 36.3 Å². The number of phosphoric acid groups is 1. The number of nitrogens with zero attached hydrogens (tertiary/aromatic N) is 6. The van der Waals surface area contributed by atoms with Crippen molar-refractivity contribution in [1.82, 2.24) is 34.1 Å². The zero-order chi connectivity index (χ0) is 31.8. The number of aromatic nitrogens is 7. The summed E-state index contributed by atoms with van der Waals surface area (Å²) in [5.74, 6) is -0.138. The summed E-state index contributed by atoms with van der Waals surface area (Å²) in [5, 5.41) is 22.6. The Hall–Kier alpha value is -3.37. The van der Waals surface area contributed by atoms with Gasteiger partial charge in [0.05, 0.1) is 18.3 Å². The van der Waals surface area contributed by atoms with Crippen LogP contribution in [0.5, 0.6) is 0 Å². The number of aliphatic hydroxyl groups is 2. The predicted molar refractivity (Wildman–Crippen MR) is 146 cm³/mol. The molecule has 0 saturated carbocycles. The van der Waals surface area contributed by atoms with Gasteiger partial charge in [0.25, 0.3) is 5.56 Å². The van der Waals surface area contributed by atoms with Gasteiger partial charge in [-0.05, 0) is 6.07 Å². The Morgan fingerprint density at radius 2 is 1.78 bits per heavy atom. The zero-order valence-corrected chi connectivity index (χ0v) is 24.3. The van der Waals surface area contributed by atoms with Crippen LogP contribution in [0.15, 0.2) is 29.7 Å². The number of nitrogens with two attached hydrogens (primary N) is 2. The molecule has 3 fully saturated rings. The summed E-state index contributed by atoms with van der Waals surface area (Å²) in [7, 11) is -9.89. The lowest BCUT2D eigenvalue weighted by molar-refractivity contribution is -0.168. The fourth-order valence-electron chi connectivity index (χ4n) is 5.37. The smallest absolute Gasteiger partial charge is 0.386 e. The molecule has 45 heavy (non-hydrogen) atoms. The van der Waals surface area contributed by atoms with Gasteiger partial charge in [-0.25, -0.2) is 19.5 Å². The van der Waals surface area contributed by atoms with Crippen molar-refractivity contribution in [2.45, 2.75) is 49.3 Å². The summed E-state index contributed by atoms with van der Waals surface area (Å²) in [6, 6.07) is 1.56. The van der Waals surface area contributed by atoms with E-state index in [0.717, 1.165) is 10.9 Å². The fourth-order valence-corrected chi connectivity index (χ4v) is 7.34. The molecule has 0 amide bonds. The molecule has 0 spiro atoms. The van der Waals surface area contributed by atoms with E-state index in [4.69, 9.17) is 39.2 Å². The van der Waals surface area contributed by atoms with Crippen molar-refractivity contribution < 1.29 is 56.9 Å². The first-order valence-electron chi connectivity index (χ1n) is 13.1. The number of nitrogen functional groups attached to an aromatic ring is 2. The second-order valence-electron chi connectivity index (χ2n) is 10.3. The Kier molecular flexibility index (Phi) is 7.32. The maximum Gasteiger partial charge on any atom is 0.472 e. The van der Waals surface area contributed by atoms with Gasteiger partial charge < -0.3 is 50.2 Å². The first-order valence-corrected chi connectivity index (χ1v) is 16.3. The number of phosphoric ester groups is 1. The van der Waals surface area contributed by atoms with Crippen LogP contribution < -0.4 is 17.0 Å². The normalized spacial score (nSPS) is 37.7. The van der Waals surface area contributed by atoms with E-state index in [-0.39, 0.29) is 28.6 Å². The van der Waals surface area contributed by atoms with Crippen molar-refractivity contribution in [2.75, 3.05) is 24.4 Å². The molecule has 24 heteroatoms. The van der Waals surface area contributed by atoms with Gasteiger partial charge >= 0.3 is 15.4 Å². The monoisotopic (exact) mass is 673 g/mol. The number of imidazole rings is 1.